The van der Waals surface area contributed by atoms with Crippen molar-refractivity contribution in [2.75, 3.05) is 19.6 Å². The molecule has 1 aliphatic rings. The fourth-order valence-corrected chi connectivity index (χ4v) is 3.38. The summed E-state index contributed by atoms with van der Waals surface area (Å²) in [5.41, 5.74) is 1.01. The Morgan fingerprint density at radius 3 is 2.56 bits per heavy atom. The third kappa shape index (κ3) is 6.36. The maximum atomic E-state index is 12.7. The van der Waals surface area contributed by atoms with Gasteiger partial charge in [-0.15, -0.1) is 0 Å². The standard InChI is InChI=1S/C20H28N2O5/c1-15(27-14-17-7-4-3-5-8-17)20(26)21-11-6-9-18(10-12-21)22(16(2)23)13-19(24)25/h3-5,7-8,15,18H,6,9-14H2,1-2H3,(H,24,25). The molecule has 2 rings (SSSR count). The Kier molecular flexibility index (Phi) is 7.79. The van der Waals surface area contributed by atoms with Crippen molar-refractivity contribution in [1.29, 1.82) is 0 Å². The van der Waals surface area contributed by atoms with Gasteiger partial charge in [0, 0.05) is 26.1 Å². The van der Waals surface area contributed by atoms with E-state index >= 15 is 0 Å². The first kappa shape index (κ1) is 20.9. The van der Waals surface area contributed by atoms with Gasteiger partial charge >= 0.3 is 5.97 Å². The Labute approximate surface area is 159 Å². The van der Waals surface area contributed by atoms with Gasteiger partial charge in [-0.2, -0.15) is 0 Å². The smallest absolute Gasteiger partial charge is 0.323 e. The largest absolute Gasteiger partial charge is 0.480 e. The second kappa shape index (κ2) is 10.1. The molecular weight excluding hydrogens is 348 g/mol. The van der Waals surface area contributed by atoms with Gasteiger partial charge in [0.1, 0.15) is 12.6 Å². The van der Waals surface area contributed by atoms with E-state index in [1.165, 1.54) is 11.8 Å². The number of ether oxygens (including phenoxy) is 1. The van der Waals surface area contributed by atoms with Crippen LogP contribution >= 0.6 is 0 Å². The highest BCUT2D eigenvalue weighted by atomic mass is 16.5. The van der Waals surface area contributed by atoms with Crippen LogP contribution in [0.25, 0.3) is 0 Å². The van der Waals surface area contributed by atoms with Crippen molar-refractivity contribution in [3.63, 3.8) is 0 Å². The van der Waals surface area contributed by atoms with Crippen LogP contribution < -0.4 is 0 Å². The van der Waals surface area contributed by atoms with Crippen molar-refractivity contribution < 1.29 is 24.2 Å². The van der Waals surface area contributed by atoms with Crippen LogP contribution in [-0.4, -0.2) is 64.5 Å². The van der Waals surface area contributed by atoms with E-state index in [9.17, 15) is 14.4 Å². The summed E-state index contributed by atoms with van der Waals surface area (Å²) in [5, 5.41) is 9.02. The molecule has 7 nitrogen and oxygen atoms in total. The number of likely N-dealkylation sites (tertiary alicyclic amines) is 1. The first-order valence-electron chi connectivity index (χ1n) is 9.31. The van der Waals surface area contributed by atoms with E-state index in [0.29, 0.717) is 32.5 Å². The number of rotatable bonds is 7. The zero-order chi connectivity index (χ0) is 19.8. The lowest BCUT2D eigenvalue weighted by atomic mass is 10.1. The maximum Gasteiger partial charge on any atom is 0.323 e. The molecule has 0 aliphatic carbocycles. The Bertz CT molecular complexity index is 649. The maximum absolute atomic E-state index is 12.7. The highest BCUT2D eigenvalue weighted by molar-refractivity contribution is 5.81. The monoisotopic (exact) mass is 376 g/mol. The molecule has 1 N–H and O–H groups in total. The molecular formula is C20H28N2O5. The van der Waals surface area contributed by atoms with Gasteiger partial charge in [0.2, 0.25) is 5.91 Å². The zero-order valence-electron chi connectivity index (χ0n) is 16.0. The van der Waals surface area contributed by atoms with Crippen LogP contribution in [0, 0.1) is 0 Å². The van der Waals surface area contributed by atoms with E-state index in [-0.39, 0.29) is 24.4 Å². The van der Waals surface area contributed by atoms with Crippen molar-refractivity contribution in [3.8, 4) is 0 Å². The van der Waals surface area contributed by atoms with E-state index in [2.05, 4.69) is 0 Å². The molecule has 148 valence electrons. The van der Waals surface area contributed by atoms with Gasteiger partial charge in [-0.1, -0.05) is 30.3 Å². The minimum absolute atomic E-state index is 0.0702. The fraction of sp³-hybridized carbons (Fsp3) is 0.550. The molecule has 0 saturated carbocycles. The zero-order valence-corrected chi connectivity index (χ0v) is 16.0. The van der Waals surface area contributed by atoms with E-state index in [1.807, 2.05) is 30.3 Å². The second-order valence-corrected chi connectivity index (χ2v) is 6.89. The molecule has 0 bridgehead atoms. The number of hydrogen-bond acceptors (Lipinski definition) is 4. The second-order valence-electron chi connectivity index (χ2n) is 6.89. The van der Waals surface area contributed by atoms with Crippen molar-refractivity contribution in [3.05, 3.63) is 35.9 Å². The number of carbonyl (C=O) groups excluding carboxylic acids is 2. The average Bonchev–Trinajstić information content (AvgIpc) is 2.90. The number of hydrogen-bond donors (Lipinski definition) is 1. The predicted molar refractivity (Wildman–Crippen MR) is 99.9 cm³/mol. The van der Waals surface area contributed by atoms with Gasteiger partial charge in [0.05, 0.1) is 6.61 Å². The van der Waals surface area contributed by atoms with Gasteiger partial charge in [-0.25, -0.2) is 0 Å². The van der Waals surface area contributed by atoms with Gasteiger partial charge in [-0.3, -0.25) is 14.4 Å². The Balaban J connectivity index is 1.89. The number of amides is 2. The molecule has 1 fully saturated rings. The summed E-state index contributed by atoms with van der Waals surface area (Å²) < 4.78 is 5.72. The molecule has 1 aromatic carbocycles. The molecule has 0 radical (unpaired) electrons. The number of benzene rings is 1. The first-order valence-corrected chi connectivity index (χ1v) is 9.31. The van der Waals surface area contributed by atoms with Crippen LogP contribution in [0.4, 0.5) is 0 Å². The number of carbonyl (C=O) groups is 3. The van der Waals surface area contributed by atoms with Crippen molar-refractivity contribution >= 4 is 17.8 Å². The summed E-state index contributed by atoms with van der Waals surface area (Å²) in [6.07, 6.45) is 1.44. The van der Waals surface area contributed by atoms with Crippen LogP contribution in [0.15, 0.2) is 30.3 Å². The third-order valence-electron chi connectivity index (χ3n) is 4.85. The van der Waals surface area contributed by atoms with E-state index in [4.69, 9.17) is 9.84 Å². The quantitative estimate of drug-likeness (QED) is 0.785. The molecule has 1 saturated heterocycles. The molecule has 1 aliphatic heterocycles. The SMILES string of the molecule is CC(=O)N(CC(=O)O)C1CCCN(C(=O)C(C)OCc2ccccc2)CC1. The lowest BCUT2D eigenvalue weighted by Crippen LogP contribution is -2.43. The highest BCUT2D eigenvalue weighted by Crippen LogP contribution is 2.18. The molecule has 27 heavy (non-hydrogen) atoms. The van der Waals surface area contributed by atoms with Crippen LogP contribution in [0.1, 0.15) is 38.7 Å². The summed E-state index contributed by atoms with van der Waals surface area (Å²) in [6, 6.07) is 9.53. The van der Waals surface area contributed by atoms with E-state index < -0.39 is 12.1 Å². The first-order chi connectivity index (χ1) is 12.9. The lowest BCUT2D eigenvalue weighted by molar-refractivity contribution is -0.146. The van der Waals surface area contributed by atoms with Crippen molar-refractivity contribution in [2.24, 2.45) is 0 Å². The van der Waals surface area contributed by atoms with Gasteiger partial charge in [0.15, 0.2) is 0 Å². The molecule has 2 unspecified atom stereocenters. The molecule has 0 spiro atoms. The Morgan fingerprint density at radius 1 is 1.22 bits per heavy atom. The van der Waals surface area contributed by atoms with Gasteiger partial charge < -0.3 is 19.6 Å². The molecule has 1 aromatic rings. The predicted octanol–water partition coefficient (Wildman–Crippen LogP) is 1.91. The summed E-state index contributed by atoms with van der Waals surface area (Å²) in [6.45, 7) is 4.29. The number of nitrogens with zero attached hydrogens (tertiary/aromatic N) is 2. The number of aliphatic carboxylic acids is 1. The van der Waals surface area contributed by atoms with E-state index in [1.54, 1.807) is 11.8 Å². The summed E-state index contributed by atoms with van der Waals surface area (Å²) >= 11 is 0. The molecule has 7 heteroatoms. The minimum atomic E-state index is -1.02. The van der Waals surface area contributed by atoms with Crippen LogP contribution in [0.2, 0.25) is 0 Å². The molecule has 1 heterocycles. The van der Waals surface area contributed by atoms with Crippen molar-refractivity contribution in [2.45, 2.75) is 51.9 Å². The average molecular weight is 376 g/mol. The Morgan fingerprint density at radius 2 is 1.93 bits per heavy atom. The molecule has 0 aromatic heterocycles. The highest BCUT2D eigenvalue weighted by Gasteiger charge is 2.29. The van der Waals surface area contributed by atoms with Gasteiger partial charge in [0.25, 0.3) is 5.91 Å². The number of carboxylic acid groups (broad SMARTS) is 1. The van der Waals surface area contributed by atoms with E-state index in [0.717, 1.165) is 12.0 Å². The normalized spacial score (nSPS) is 18.4. The Hall–Kier alpha value is -2.41. The van der Waals surface area contributed by atoms with Crippen molar-refractivity contribution in [1.82, 2.24) is 9.80 Å². The fourth-order valence-electron chi connectivity index (χ4n) is 3.38. The van der Waals surface area contributed by atoms with Crippen LogP contribution in [0.5, 0.6) is 0 Å². The van der Waals surface area contributed by atoms with Gasteiger partial charge in [-0.05, 0) is 31.7 Å². The van der Waals surface area contributed by atoms with Crippen LogP contribution in [-0.2, 0) is 25.7 Å². The third-order valence-corrected chi connectivity index (χ3v) is 4.85. The lowest BCUT2D eigenvalue weighted by Gasteiger charge is -2.29. The minimum Gasteiger partial charge on any atom is -0.480 e. The van der Waals surface area contributed by atoms with Crippen LogP contribution in [0.3, 0.4) is 0 Å². The summed E-state index contributed by atoms with van der Waals surface area (Å²) in [5.74, 6) is -1.34. The molecule has 2 amide bonds. The topological polar surface area (TPSA) is 87.2 Å². The summed E-state index contributed by atoms with van der Waals surface area (Å²) in [4.78, 5) is 38.7. The molecule has 2 atom stereocenters. The summed E-state index contributed by atoms with van der Waals surface area (Å²) in [7, 11) is 0. The number of carboxylic acids is 1.